The fraction of sp³-hybridized carbons (Fsp3) is 0.235. The zero-order chi connectivity index (χ0) is 17.3. The van der Waals surface area contributed by atoms with E-state index in [0.717, 1.165) is 21.5 Å². The Morgan fingerprint density at radius 1 is 1.33 bits per heavy atom. The summed E-state index contributed by atoms with van der Waals surface area (Å²) >= 11 is 1.59. The van der Waals surface area contributed by atoms with Gasteiger partial charge in [0.1, 0.15) is 12.1 Å². The number of carbonyl (C=O) groups is 1. The van der Waals surface area contributed by atoms with Gasteiger partial charge in [0.15, 0.2) is 5.82 Å². The fourth-order valence-electron chi connectivity index (χ4n) is 2.32. The molecule has 1 amide bonds. The smallest absolute Gasteiger partial charge is 0.248 e. The highest BCUT2D eigenvalue weighted by atomic mass is 32.1. The number of thiophene rings is 1. The Morgan fingerprint density at radius 3 is 2.83 bits per heavy atom. The van der Waals surface area contributed by atoms with Crippen LogP contribution in [0.2, 0.25) is 0 Å². The molecule has 0 aliphatic carbocycles. The van der Waals surface area contributed by atoms with Crippen molar-refractivity contribution in [1.82, 2.24) is 9.97 Å². The Morgan fingerprint density at radius 2 is 2.12 bits per heavy atom. The fourth-order valence-corrected chi connectivity index (χ4v) is 3.26. The van der Waals surface area contributed by atoms with E-state index in [-0.39, 0.29) is 6.10 Å². The molecule has 3 rings (SSSR count). The highest BCUT2D eigenvalue weighted by Gasteiger charge is 2.13. The molecule has 0 radical (unpaired) electrons. The van der Waals surface area contributed by atoms with Crippen molar-refractivity contribution in [3.8, 4) is 5.75 Å². The van der Waals surface area contributed by atoms with Crippen LogP contribution in [0.3, 0.4) is 0 Å². The van der Waals surface area contributed by atoms with Gasteiger partial charge in [-0.3, -0.25) is 4.79 Å². The summed E-state index contributed by atoms with van der Waals surface area (Å²) in [6.45, 7) is 5.86. The number of ether oxygens (including phenoxy) is 1. The van der Waals surface area contributed by atoms with Crippen LogP contribution >= 0.6 is 11.3 Å². The third-order valence-corrected chi connectivity index (χ3v) is 4.51. The number of nitrogens with zero attached hydrogens (tertiary/aromatic N) is 2. The molecule has 2 aromatic heterocycles. The number of rotatable bonds is 5. The summed E-state index contributed by atoms with van der Waals surface area (Å²) < 4.78 is 6.79. The molecule has 6 nitrogen and oxygen atoms in total. The first-order valence-electron chi connectivity index (χ1n) is 7.52. The van der Waals surface area contributed by atoms with Crippen LogP contribution in [0, 0.1) is 6.92 Å². The molecule has 0 aliphatic rings. The molecule has 0 bridgehead atoms. The van der Waals surface area contributed by atoms with Crippen LogP contribution in [0.15, 0.2) is 29.9 Å². The Kier molecular flexibility index (Phi) is 4.35. The maximum absolute atomic E-state index is 11.4. The molecule has 0 spiro atoms. The van der Waals surface area contributed by atoms with E-state index in [1.165, 1.54) is 6.33 Å². The standard InChI is InChI=1S/C17H18N4O2S/c1-9(2)23-13-6-11(16(18)22)4-5-12(13)21-17-15-14(19-8-20-17)10(3)7-24-15/h4-9H,1-3H3,(H2,18,22)(H,19,20,21). The second-order valence-electron chi connectivity index (χ2n) is 5.69. The average molecular weight is 342 g/mol. The summed E-state index contributed by atoms with van der Waals surface area (Å²) in [5.74, 6) is 0.772. The van der Waals surface area contributed by atoms with Crippen molar-refractivity contribution < 1.29 is 9.53 Å². The van der Waals surface area contributed by atoms with E-state index in [9.17, 15) is 4.79 Å². The van der Waals surface area contributed by atoms with Crippen LogP contribution in [-0.4, -0.2) is 22.0 Å². The lowest BCUT2D eigenvalue weighted by atomic mass is 10.1. The molecule has 0 saturated heterocycles. The number of carbonyl (C=O) groups excluding carboxylic acids is 1. The Labute approximate surface area is 143 Å². The number of aromatic nitrogens is 2. The summed E-state index contributed by atoms with van der Waals surface area (Å²) in [7, 11) is 0. The van der Waals surface area contributed by atoms with E-state index < -0.39 is 5.91 Å². The predicted octanol–water partition coefficient (Wildman–Crippen LogP) is 3.63. The molecule has 0 unspecified atom stereocenters. The second kappa shape index (κ2) is 6.45. The lowest BCUT2D eigenvalue weighted by Crippen LogP contribution is -2.13. The Balaban J connectivity index is 2.03. The number of fused-ring (bicyclic) bond motifs is 1. The topological polar surface area (TPSA) is 90.1 Å². The minimum Gasteiger partial charge on any atom is -0.489 e. The van der Waals surface area contributed by atoms with E-state index in [0.29, 0.717) is 17.1 Å². The molecule has 24 heavy (non-hydrogen) atoms. The van der Waals surface area contributed by atoms with Crippen LogP contribution < -0.4 is 15.8 Å². The number of anilines is 2. The molecular formula is C17H18N4O2S. The van der Waals surface area contributed by atoms with Gasteiger partial charge in [-0.25, -0.2) is 9.97 Å². The first-order chi connectivity index (χ1) is 11.5. The SMILES string of the molecule is Cc1csc2c(Nc3ccc(C(N)=O)cc3OC(C)C)ncnc12. The molecular weight excluding hydrogens is 324 g/mol. The van der Waals surface area contributed by atoms with Crippen molar-refractivity contribution in [3.63, 3.8) is 0 Å². The number of primary amides is 1. The summed E-state index contributed by atoms with van der Waals surface area (Å²) in [5.41, 5.74) is 8.52. The maximum Gasteiger partial charge on any atom is 0.248 e. The zero-order valence-corrected chi connectivity index (χ0v) is 14.5. The van der Waals surface area contributed by atoms with E-state index in [1.54, 1.807) is 29.5 Å². The lowest BCUT2D eigenvalue weighted by molar-refractivity contribution is 0.0999. The molecule has 0 saturated carbocycles. The van der Waals surface area contributed by atoms with E-state index >= 15 is 0 Å². The van der Waals surface area contributed by atoms with Gasteiger partial charge in [0.05, 0.1) is 22.0 Å². The first kappa shape index (κ1) is 16.2. The minimum absolute atomic E-state index is 0.0388. The van der Waals surface area contributed by atoms with Crippen LogP contribution in [0.1, 0.15) is 29.8 Å². The largest absolute Gasteiger partial charge is 0.489 e. The van der Waals surface area contributed by atoms with Crippen molar-refractivity contribution in [2.24, 2.45) is 5.73 Å². The Bertz CT molecular complexity index is 905. The zero-order valence-electron chi connectivity index (χ0n) is 13.7. The number of hydrogen-bond donors (Lipinski definition) is 2. The van der Waals surface area contributed by atoms with Crippen molar-refractivity contribution in [2.75, 3.05) is 5.32 Å². The third kappa shape index (κ3) is 3.16. The van der Waals surface area contributed by atoms with Crippen molar-refractivity contribution in [3.05, 3.63) is 41.0 Å². The molecule has 1 aromatic carbocycles. The molecule has 0 atom stereocenters. The van der Waals surface area contributed by atoms with Crippen LogP contribution in [0.5, 0.6) is 5.75 Å². The molecule has 7 heteroatoms. The van der Waals surface area contributed by atoms with E-state index in [2.05, 4.69) is 15.3 Å². The molecule has 2 heterocycles. The van der Waals surface area contributed by atoms with Crippen LogP contribution in [0.4, 0.5) is 11.5 Å². The van der Waals surface area contributed by atoms with Crippen molar-refractivity contribution >= 4 is 39.0 Å². The van der Waals surface area contributed by atoms with Gasteiger partial charge in [0.25, 0.3) is 0 Å². The van der Waals surface area contributed by atoms with Gasteiger partial charge >= 0.3 is 0 Å². The summed E-state index contributed by atoms with van der Waals surface area (Å²) in [6, 6.07) is 5.07. The van der Waals surface area contributed by atoms with Gasteiger partial charge in [-0.15, -0.1) is 11.3 Å². The first-order valence-corrected chi connectivity index (χ1v) is 8.40. The van der Waals surface area contributed by atoms with Crippen LogP contribution in [0.25, 0.3) is 10.2 Å². The van der Waals surface area contributed by atoms with Gasteiger partial charge in [-0.05, 0) is 49.9 Å². The number of nitrogens with two attached hydrogens (primary N) is 1. The van der Waals surface area contributed by atoms with E-state index in [4.69, 9.17) is 10.5 Å². The molecule has 124 valence electrons. The van der Waals surface area contributed by atoms with Gasteiger partial charge in [-0.1, -0.05) is 0 Å². The summed E-state index contributed by atoms with van der Waals surface area (Å²) in [5, 5.41) is 5.33. The number of benzene rings is 1. The second-order valence-corrected chi connectivity index (χ2v) is 6.57. The van der Waals surface area contributed by atoms with Gasteiger partial charge < -0.3 is 15.8 Å². The van der Waals surface area contributed by atoms with Gasteiger partial charge in [-0.2, -0.15) is 0 Å². The van der Waals surface area contributed by atoms with Crippen molar-refractivity contribution in [1.29, 1.82) is 0 Å². The van der Waals surface area contributed by atoms with Crippen LogP contribution in [-0.2, 0) is 0 Å². The Hall–Kier alpha value is -2.67. The lowest BCUT2D eigenvalue weighted by Gasteiger charge is -2.16. The van der Waals surface area contributed by atoms with Gasteiger partial charge in [0.2, 0.25) is 5.91 Å². The predicted molar refractivity (Wildman–Crippen MR) is 96.2 cm³/mol. The summed E-state index contributed by atoms with van der Waals surface area (Å²) in [4.78, 5) is 20.1. The van der Waals surface area contributed by atoms with Gasteiger partial charge in [0, 0.05) is 5.56 Å². The number of amides is 1. The third-order valence-electron chi connectivity index (χ3n) is 3.41. The number of nitrogens with one attached hydrogen (secondary N) is 1. The number of hydrogen-bond acceptors (Lipinski definition) is 6. The highest BCUT2D eigenvalue weighted by Crippen LogP contribution is 2.34. The highest BCUT2D eigenvalue weighted by molar-refractivity contribution is 7.18. The monoisotopic (exact) mass is 342 g/mol. The molecule has 3 N–H and O–H groups in total. The van der Waals surface area contributed by atoms with Crippen molar-refractivity contribution in [2.45, 2.75) is 26.9 Å². The quantitative estimate of drug-likeness (QED) is 0.739. The number of aryl methyl sites for hydroxylation is 1. The summed E-state index contributed by atoms with van der Waals surface area (Å²) in [6.07, 6.45) is 1.49. The molecule has 0 aliphatic heterocycles. The maximum atomic E-state index is 11.4. The normalized spacial score (nSPS) is 11.0. The molecule has 3 aromatic rings. The average Bonchev–Trinajstić information content (AvgIpc) is 2.91. The van der Waals surface area contributed by atoms with E-state index in [1.807, 2.05) is 26.2 Å². The minimum atomic E-state index is -0.492. The molecule has 0 fully saturated rings.